The van der Waals surface area contributed by atoms with Gasteiger partial charge in [-0.25, -0.2) is 9.67 Å². The smallest absolute Gasteiger partial charge is 0.399 e. The van der Waals surface area contributed by atoms with Gasteiger partial charge in [0.1, 0.15) is 6.34 Å². The number of benzene rings is 1. The number of aryl methyl sites for hydroxylation is 1. The summed E-state index contributed by atoms with van der Waals surface area (Å²) in [4.78, 5) is 7.96. The van der Waals surface area contributed by atoms with Gasteiger partial charge in [-0.2, -0.15) is 5.10 Å². The van der Waals surface area contributed by atoms with E-state index in [0.717, 1.165) is 22.5 Å². The lowest BCUT2D eigenvalue weighted by atomic mass is 9.79. The van der Waals surface area contributed by atoms with Crippen LogP contribution in [-0.4, -0.2) is 41.2 Å². The minimum absolute atomic E-state index is 0.352. The van der Waals surface area contributed by atoms with E-state index >= 15 is 0 Å². The van der Waals surface area contributed by atoms with Gasteiger partial charge in [0, 0.05) is 5.56 Å². The van der Waals surface area contributed by atoms with Crippen LogP contribution in [0, 0.1) is 6.92 Å². The standard InChI is InChI=1S/C18H23BN4O2/c1-13-11-22-23(16(13)21-12-20-6)15-9-7-14(8-10-15)19-24-17(2,3)18(4,5)25-19/h7-12H,6H2,1-5H3/b21-12-. The Bertz CT molecular complexity index is 793. The molecule has 1 aliphatic rings. The van der Waals surface area contributed by atoms with Gasteiger partial charge in [-0.15, -0.1) is 0 Å². The molecular weight excluding hydrogens is 315 g/mol. The zero-order chi connectivity index (χ0) is 18.2. The van der Waals surface area contributed by atoms with E-state index in [4.69, 9.17) is 9.31 Å². The molecule has 1 aliphatic heterocycles. The number of nitrogens with zero attached hydrogens (tertiary/aromatic N) is 4. The Morgan fingerprint density at radius 2 is 1.72 bits per heavy atom. The molecule has 1 aromatic carbocycles. The first-order valence-electron chi connectivity index (χ1n) is 8.24. The molecule has 0 amide bonds. The fourth-order valence-corrected chi connectivity index (χ4v) is 2.62. The van der Waals surface area contributed by atoms with Crippen LogP contribution in [0.2, 0.25) is 0 Å². The topological polar surface area (TPSA) is 61.0 Å². The summed E-state index contributed by atoms with van der Waals surface area (Å²) in [6.07, 6.45) is 3.19. The fourth-order valence-electron chi connectivity index (χ4n) is 2.62. The van der Waals surface area contributed by atoms with Gasteiger partial charge in [-0.05, 0) is 58.9 Å². The van der Waals surface area contributed by atoms with Crippen LogP contribution in [0.3, 0.4) is 0 Å². The largest absolute Gasteiger partial charge is 0.494 e. The average molecular weight is 338 g/mol. The maximum absolute atomic E-state index is 6.09. The second-order valence-electron chi connectivity index (χ2n) is 7.17. The number of rotatable bonds is 4. The van der Waals surface area contributed by atoms with E-state index in [2.05, 4.69) is 21.8 Å². The summed E-state index contributed by atoms with van der Waals surface area (Å²) in [5.41, 5.74) is 2.15. The van der Waals surface area contributed by atoms with Crippen LogP contribution in [0.4, 0.5) is 5.82 Å². The van der Waals surface area contributed by atoms with E-state index in [9.17, 15) is 0 Å². The molecule has 0 bridgehead atoms. The second-order valence-corrected chi connectivity index (χ2v) is 7.17. The molecule has 3 rings (SSSR count). The van der Waals surface area contributed by atoms with E-state index in [1.807, 2.05) is 58.9 Å². The van der Waals surface area contributed by atoms with Crippen LogP contribution in [0.25, 0.3) is 5.69 Å². The van der Waals surface area contributed by atoms with Gasteiger partial charge in [-0.1, -0.05) is 12.1 Å². The molecule has 1 saturated heterocycles. The van der Waals surface area contributed by atoms with Crippen LogP contribution < -0.4 is 5.46 Å². The van der Waals surface area contributed by atoms with Crippen LogP contribution in [0.15, 0.2) is 40.4 Å². The van der Waals surface area contributed by atoms with E-state index in [1.165, 1.54) is 6.34 Å². The van der Waals surface area contributed by atoms with Gasteiger partial charge in [0.15, 0.2) is 5.82 Å². The Morgan fingerprint density at radius 3 is 2.28 bits per heavy atom. The predicted molar refractivity (Wildman–Crippen MR) is 102 cm³/mol. The summed E-state index contributed by atoms with van der Waals surface area (Å²) in [6.45, 7) is 13.6. The summed E-state index contributed by atoms with van der Waals surface area (Å²) in [6, 6.07) is 7.95. The van der Waals surface area contributed by atoms with Crippen molar-refractivity contribution in [3.8, 4) is 5.69 Å². The number of hydrogen-bond acceptors (Lipinski definition) is 4. The van der Waals surface area contributed by atoms with Gasteiger partial charge >= 0.3 is 7.12 Å². The Morgan fingerprint density at radius 1 is 1.12 bits per heavy atom. The zero-order valence-corrected chi connectivity index (χ0v) is 15.4. The predicted octanol–water partition coefficient (Wildman–Crippen LogP) is 2.84. The zero-order valence-electron chi connectivity index (χ0n) is 15.4. The van der Waals surface area contributed by atoms with E-state index < -0.39 is 0 Å². The Labute approximate surface area is 148 Å². The second kappa shape index (κ2) is 6.24. The third-order valence-corrected chi connectivity index (χ3v) is 4.84. The van der Waals surface area contributed by atoms with Crippen molar-refractivity contribution in [2.75, 3.05) is 0 Å². The third kappa shape index (κ3) is 3.17. The van der Waals surface area contributed by atoms with Crippen LogP contribution in [0.5, 0.6) is 0 Å². The monoisotopic (exact) mass is 338 g/mol. The molecule has 1 fully saturated rings. The molecule has 0 aliphatic carbocycles. The molecule has 0 N–H and O–H groups in total. The van der Waals surface area contributed by atoms with Crippen molar-refractivity contribution >= 4 is 31.5 Å². The Kier molecular flexibility index (Phi) is 4.39. The van der Waals surface area contributed by atoms with Crippen LogP contribution in [0.1, 0.15) is 33.3 Å². The molecule has 0 radical (unpaired) electrons. The molecule has 6 nitrogen and oxygen atoms in total. The molecule has 0 atom stereocenters. The summed E-state index contributed by atoms with van der Waals surface area (Å²) < 4.78 is 13.9. The lowest BCUT2D eigenvalue weighted by Crippen LogP contribution is -2.41. The lowest BCUT2D eigenvalue weighted by molar-refractivity contribution is 0.00578. The summed E-state index contributed by atoms with van der Waals surface area (Å²) in [7, 11) is -0.374. The van der Waals surface area contributed by atoms with Crippen molar-refractivity contribution in [3.05, 3.63) is 36.0 Å². The van der Waals surface area contributed by atoms with Gasteiger partial charge in [0.2, 0.25) is 0 Å². The minimum atomic E-state index is -0.374. The highest BCUT2D eigenvalue weighted by atomic mass is 16.7. The normalized spacial score (nSPS) is 18.8. The van der Waals surface area contributed by atoms with Gasteiger partial charge in [0.05, 0.1) is 23.1 Å². The molecule has 2 aromatic rings. The first kappa shape index (κ1) is 17.6. The molecule has 25 heavy (non-hydrogen) atoms. The quantitative estimate of drug-likeness (QED) is 0.489. The summed E-state index contributed by atoms with van der Waals surface area (Å²) in [5.74, 6) is 0.732. The SMILES string of the molecule is C=N/C=N\c1c(C)cnn1-c1ccc(B2OC(C)(C)C(C)(C)O2)cc1. The highest BCUT2D eigenvalue weighted by Gasteiger charge is 2.51. The Hall–Kier alpha value is -2.25. The van der Waals surface area contributed by atoms with Crippen molar-refractivity contribution in [2.45, 2.75) is 45.8 Å². The van der Waals surface area contributed by atoms with Crippen molar-refractivity contribution in [1.82, 2.24) is 9.78 Å². The molecule has 0 unspecified atom stereocenters. The maximum atomic E-state index is 6.09. The molecule has 0 spiro atoms. The van der Waals surface area contributed by atoms with Gasteiger partial charge in [0.25, 0.3) is 0 Å². The van der Waals surface area contributed by atoms with E-state index in [0.29, 0.717) is 0 Å². The first-order chi connectivity index (χ1) is 11.7. The third-order valence-electron chi connectivity index (χ3n) is 4.84. The van der Waals surface area contributed by atoms with Crippen LogP contribution >= 0.6 is 0 Å². The molecule has 1 aromatic heterocycles. The molecule has 130 valence electrons. The molecule has 0 saturated carbocycles. The number of aromatic nitrogens is 2. The Balaban J connectivity index is 1.87. The fraction of sp³-hybridized carbons (Fsp3) is 0.389. The highest BCUT2D eigenvalue weighted by Crippen LogP contribution is 2.36. The van der Waals surface area contributed by atoms with Crippen molar-refractivity contribution in [1.29, 1.82) is 0 Å². The van der Waals surface area contributed by atoms with Gasteiger partial charge in [-0.3, -0.25) is 4.99 Å². The number of aliphatic imine (C=N–C) groups is 2. The highest BCUT2D eigenvalue weighted by molar-refractivity contribution is 6.62. The minimum Gasteiger partial charge on any atom is -0.399 e. The average Bonchev–Trinajstić information content (AvgIpc) is 3.02. The number of hydrogen-bond donors (Lipinski definition) is 0. The molecule has 2 heterocycles. The maximum Gasteiger partial charge on any atom is 0.494 e. The van der Waals surface area contributed by atoms with E-state index in [1.54, 1.807) is 10.9 Å². The molecular formula is C18H23BN4O2. The lowest BCUT2D eigenvalue weighted by Gasteiger charge is -2.32. The van der Waals surface area contributed by atoms with Crippen molar-refractivity contribution in [3.63, 3.8) is 0 Å². The van der Waals surface area contributed by atoms with E-state index in [-0.39, 0.29) is 18.3 Å². The van der Waals surface area contributed by atoms with Gasteiger partial charge < -0.3 is 9.31 Å². The molecule has 7 heteroatoms. The summed E-state index contributed by atoms with van der Waals surface area (Å²) >= 11 is 0. The van der Waals surface area contributed by atoms with Crippen molar-refractivity contribution in [2.24, 2.45) is 9.98 Å². The summed E-state index contributed by atoms with van der Waals surface area (Å²) in [5, 5.41) is 4.39. The first-order valence-corrected chi connectivity index (χ1v) is 8.24. The van der Waals surface area contributed by atoms with Crippen molar-refractivity contribution < 1.29 is 9.31 Å². The van der Waals surface area contributed by atoms with Crippen LogP contribution in [-0.2, 0) is 9.31 Å².